The number of aryl methyl sites for hydroxylation is 3. The number of hydrogen-bond donors (Lipinski definition) is 0. The van der Waals surface area contributed by atoms with Crippen molar-refractivity contribution in [2.45, 2.75) is 18.0 Å². The molecule has 3 heterocycles. The van der Waals surface area contributed by atoms with Crippen LogP contribution in [-0.2, 0) is 24.7 Å². The van der Waals surface area contributed by atoms with Gasteiger partial charge in [-0.1, -0.05) is 60.3 Å². The molecule has 168 valence electrons. The van der Waals surface area contributed by atoms with Gasteiger partial charge in [-0.15, -0.1) is 10.2 Å². The molecular weight excluding hydrogens is 446 g/mol. The number of benzene rings is 3. The molecule has 0 fully saturated rings. The van der Waals surface area contributed by atoms with Gasteiger partial charge in [-0.25, -0.2) is 0 Å². The van der Waals surface area contributed by atoms with E-state index in [-0.39, 0.29) is 17.2 Å². The summed E-state index contributed by atoms with van der Waals surface area (Å²) in [6.45, 7) is 0. The van der Waals surface area contributed by atoms with E-state index < -0.39 is 0 Å². The molecule has 8 heteroatoms. The molecule has 1 aliphatic heterocycles. The van der Waals surface area contributed by atoms with E-state index in [0.29, 0.717) is 16.3 Å². The van der Waals surface area contributed by atoms with Crippen LogP contribution in [0.3, 0.4) is 0 Å². The highest BCUT2D eigenvalue weighted by Gasteiger charge is 2.26. The van der Waals surface area contributed by atoms with Crippen molar-refractivity contribution < 1.29 is 4.79 Å². The van der Waals surface area contributed by atoms with Crippen LogP contribution in [0.1, 0.15) is 11.1 Å². The van der Waals surface area contributed by atoms with Crippen LogP contribution < -0.4 is 10.5 Å². The molecule has 0 atom stereocenters. The van der Waals surface area contributed by atoms with E-state index >= 15 is 0 Å². The van der Waals surface area contributed by atoms with E-state index in [1.807, 2.05) is 63.9 Å². The number of rotatable bonds is 3. The third kappa shape index (κ3) is 3.21. The van der Waals surface area contributed by atoms with Gasteiger partial charge in [-0.3, -0.25) is 23.5 Å². The fourth-order valence-electron chi connectivity index (χ4n) is 4.64. The summed E-state index contributed by atoms with van der Waals surface area (Å²) < 4.78 is 3.33. The van der Waals surface area contributed by atoms with Gasteiger partial charge in [-0.2, -0.15) is 0 Å². The van der Waals surface area contributed by atoms with Crippen LogP contribution in [0.5, 0.6) is 0 Å². The van der Waals surface area contributed by atoms with Gasteiger partial charge in [0.15, 0.2) is 5.16 Å². The second-order valence-corrected chi connectivity index (χ2v) is 9.22. The zero-order valence-electron chi connectivity index (χ0n) is 18.5. The van der Waals surface area contributed by atoms with Crippen molar-refractivity contribution >= 4 is 45.7 Å². The topological polar surface area (TPSA) is 72.5 Å². The lowest BCUT2D eigenvalue weighted by molar-refractivity contribution is -0.115. The molecule has 7 nitrogen and oxygen atoms in total. The number of nitrogens with zero attached hydrogens (tertiary/aromatic N) is 5. The molecule has 0 bridgehead atoms. The number of aromatic nitrogens is 4. The first kappa shape index (κ1) is 20.7. The fourth-order valence-corrected chi connectivity index (χ4v) is 5.43. The van der Waals surface area contributed by atoms with Crippen molar-refractivity contribution in [2.75, 3.05) is 10.7 Å². The lowest BCUT2D eigenvalue weighted by atomic mass is 10.0. The molecule has 0 radical (unpaired) electrons. The summed E-state index contributed by atoms with van der Waals surface area (Å²) in [6, 6.07) is 23.6. The smallest absolute Gasteiger partial charge is 0.262 e. The number of anilines is 2. The first-order chi connectivity index (χ1) is 16.6. The molecule has 0 saturated carbocycles. The van der Waals surface area contributed by atoms with Crippen LogP contribution in [0.4, 0.5) is 11.4 Å². The quantitative estimate of drug-likeness (QED) is 0.373. The monoisotopic (exact) mass is 467 g/mol. The van der Waals surface area contributed by atoms with Crippen molar-refractivity contribution in [3.05, 3.63) is 94.3 Å². The Labute approximate surface area is 199 Å². The van der Waals surface area contributed by atoms with Gasteiger partial charge in [0.1, 0.15) is 0 Å². The van der Waals surface area contributed by atoms with E-state index in [2.05, 4.69) is 22.3 Å². The average Bonchev–Trinajstić information content (AvgIpc) is 3.22. The molecule has 34 heavy (non-hydrogen) atoms. The number of hydrogen-bond acceptors (Lipinski definition) is 5. The Balaban J connectivity index is 1.40. The number of carbonyl (C=O) groups excluding carboxylic acids is 1. The van der Waals surface area contributed by atoms with Crippen LogP contribution in [0, 0.1) is 0 Å². The van der Waals surface area contributed by atoms with Gasteiger partial charge >= 0.3 is 0 Å². The molecule has 0 unspecified atom stereocenters. The Kier molecular flexibility index (Phi) is 4.95. The molecule has 1 amide bonds. The maximum Gasteiger partial charge on any atom is 0.262 e. The Hall–Kier alpha value is -3.91. The lowest BCUT2D eigenvalue weighted by Gasteiger charge is -2.24. The second kappa shape index (κ2) is 8.14. The van der Waals surface area contributed by atoms with E-state index in [9.17, 15) is 9.59 Å². The summed E-state index contributed by atoms with van der Waals surface area (Å²) in [5.41, 5.74) is 4.78. The standard InChI is InChI=1S/C26H21N5O2S/c1-29-24(33)19-10-4-7-13-22(19)31-25(29)27-28-26(31)34-16-23(32)30-20-11-5-2-8-17(20)14-15-18-9-3-6-12-21(18)30/h2-13H,14-16H2,1H3. The Bertz CT molecular complexity index is 1590. The number of thioether (sulfide) groups is 1. The summed E-state index contributed by atoms with van der Waals surface area (Å²) in [6.07, 6.45) is 1.78. The SMILES string of the molecule is Cn1c(=O)c2ccccc2n2c(SCC(=O)N3c4ccccc4CCc4ccccc43)nnc12. The summed E-state index contributed by atoms with van der Waals surface area (Å²) in [5, 5.41) is 9.71. The molecule has 2 aromatic heterocycles. The minimum absolute atomic E-state index is 0.0299. The minimum atomic E-state index is -0.124. The van der Waals surface area contributed by atoms with Crippen molar-refractivity contribution in [1.82, 2.24) is 19.2 Å². The Morgan fingerprint density at radius 2 is 1.50 bits per heavy atom. The Morgan fingerprint density at radius 1 is 0.882 bits per heavy atom. The molecule has 1 aliphatic rings. The summed E-state index contributed by atoms with van der Waals surface area (Å²) >= 11 is 1.33. The van der Waals surface area contributed by atoms with Crippen molar-refractivity contribution in [1.29, 1.82) is 0 Å². The van der Waals surface area contributed by atoms with E-state index in [1.165, 1.54) is 16.3 Å². The highest BCUT2D eigenvalue weighted by molar-refractivity contribution is 7.99. The van der Waals surface area contributed by atoms with Gasteiger partial charge in [0.25, 0.3) is 5.56 Å². The summed E-state index contributed by atoms with van der Waals surface area (Å²) in [4.78, 5) is 28.2. The molecule has 5 aromatic rings. The predicted molar refractivity (Wildman–Crippen MR) is 134 cm³/mol. The maximum absolute atomic E-state index is 13.7. The predicted octanol–water partition coefficient (Wildman–Crippen LogP) is 4.14. The average molecular weight is 468 g/mol. The molecule has 0 N–H and O–H groups in total. The van der Waals surface area contributed by atoms with Gasteiger partial charge < -0.3 is 0 Å². The third-order valence-electron chi connectivity index (χ3n) is 6.30. The van der Waals surface area contributed by atoms with Crippen LogP contribution in [-0.4, -0.2) is 30.8 Å². The molecule has 6 rings (SSSR count). The van der Waals surface area contributed by atoms with Crippen molar-refractivity contribution in [3.8, 4) is 0 Å². The van der Waals surface area contributed by atoms with Crippen LogP contribution in [0.15, 0.2) is 82.7 Å². The van der Waals surface area contributed by atoms with E-state index in [0.717, 1.165) is 40.9 Å². The number of carbonyl (C=O) groups is 1. The van der Waals surface area contributed by atoms with Crippen LogP contribution in [0.25, 0.3) is 16.7 Å². The Morgan fingerprint density at radius 3 is 2.21 bits per heavy atom. The number of amides is 1. The van der Waals surface area contributed by atoms with Gasteiger partial charge in [0, 0.05) is 7.05 Å². The molecule has 0 saturated heterocycles. The minimum Gasteiger partial charge on any atom is -0.280 e. The maximum atomic E-state index is 13.7. The van der Waals surface area contributed by atoms with Crippen molar-refractivity contribution in [3.63, 3.8) is 0 Å². The van der Waals surface area contributed by atoms with E-state index in [4.69, 9.17) is 0 Å². The van der Waals surface area contributed by atoms with Crippen LogP contribution >= 0.6 is 11.8 Å². The van der Waals surface area contributed by atoms with E-state index in [1.54, 1.807) is 13.1 Å². The number of para-hydroxylation sites is 3. The largest absolute Gasteiger partial charge is 0.280 e. The van der Waals surface area contributed by atoms with Crippen LogP contribution in [0.2, 0.25) is 0 Å². The van der Waals surface area contributed by atoms with Crippen molar-refractivity contribution in [2.24, 2.45) is 7.05 Å². The lowest BCUT2D eigenvalue weighted by Crippen LogP contribution is -2.28. The first-order valence-corrected chi connectivity index (χ1v) is 12.1. The first-order valence-electron chi connectivity index (χ1n) is 11.1. The third-order valence-corrected chi connectivity index (χ3v) is 7.21. The number of fused-ring (bicyclic) bond motifs is 5. The zero-order chi connectivity index (χ0) is 23.2. The molecule has 3 aromatic carbocycles. The molecular formula is C26H21N5O2S. The highest BCUT2D eigenvalue weighted by atomic mass is 32.2. The fraction of sp³-hybridized carbons (Fsp3) is 0.154. The van der Waals surface area contributed by atoms with Gasteiger partial charge in [0.05, 0.1) is 28.0 Å². The summed E-state index contributed by atoms with van der Waals surface area (Å²) in [5.74, 6) is 0.600. The molecule has 0 aliphatic carbocycles. The molecule has 0 spiro atoms. The highest BCUT2D eigenvalue weighted by Crippen LogP contribution is 2.36. The van der Waals surface area contributed by atoms with Gasteiger partial charge in [0.2, 0.25) is 11.7 Å². The summed E-state index contributed by atoms with van der Waals surface area (Å²) in [7, 11) is 1.68. The second-order valence-electron chi connectivity index (χ2n) is 8.27. The van der Waals surface area contributed by atoms with Gasteiger partial charge in [-0.05, 0) is 48.2 Å². The normalized spacial score (nSPS) is 13.0. The zero-order valence-corrected chi connectivity index (χ0v) is 19.3.